The number of unbranched alkanes of at least 4 members (excludes halogenated alkanes) is 2. The van der Waals surface area contributed by atoms with Crippen LogP contribution in [0, 0.1) is 0 Å². The molecular weight excluding hydrogens is 302 g/mol. The highest BCUT2D eigenvalue weighted by Crippen LogP contribution is 2.31. The predicted molar refractivity (Wildman–Crippen MR) is 111 cm³/mol. The van der Waals surface area contributed by atoms with Gasteiger partial charge in [-0.1, -0.05) is 82.5 Å². The molecule has 3 aromatic carbocycles. The molecular formula is C24H29N. The van der Waals surface area contributed by atoms with Crippen molar-refractivity contribution >= 4 is 22.1 Å². The number of fused-ring (bicyclic) bond motifs is 1. The van der Waals surface area contributed by atoms with Crippen LogP contribution in [0.4, 0.5) is 11.4 Å². The van der Waals surface area contributed by atoms with E-state index >= 15 is 0 Å². The average molecular weight is 332 g/mol. The second kappa shape index (κ2) is 7.74. The Labute approximate surface area is 152 Å². The maximum absolute atomic E-state index is 3.53. The zero-order valence-corrected chi connectivity index (χ0v) is 15.7. The third-order valence-corrected chi connectivity index (χ3v) is 5.11. The summed E-state index contributed by atoms with van der Waals surface area (Å²) >= 11 is 0. The molecule has 0 unspecified atom stereocenters. The summed E-state index contributed by atoms with van der Waals surface area (Å²) in [6, 6.07) is 23.9. The first-order valence-corrected chi connectivity index (χ1v) is 9.45. The minimum Gasteiger partial charge on any atom is -0.356 e. The lowest BCUT2D eigenvalue weighted by atomic mass is 9.80. The Balaban J connectivity index is 1.71. The molecule has 0 bridgehead atoms. The second-order valence-electron chi connectivity index (χ2n) is 7.61. The van der Waals surface area contributed by atoms with Crippen molar-refractivity contribution in [2.24, 2.45) is 0 Å². The van der Waals surface area contributed by atoms with Crippen molar-refractivity contribution in [3.05, 3.63) is 72.3 Å². The van der Waals surface area contributed by atoms with Crippen LogP contribution in [0.1, 0.15) is 52.0 Å². The van der Waals surface area contributed by atoms with E-state index in [1.54, 1.807) is 0 Å². The number of nitrogens with one attached hydrogen (secondary N) is 1. The van der Waals surface area contributed by atoms with Crippen molar-refractivity contribution in [2.45, 2.75) is 51.9 Å². The Bertz CT molecular complexity index is 815. The lowest BCUT2D eigenvalue weighted by Crippen LogP contribution is -2.16. The van der Waals surface area contributed by atoms with Crippen LogP contribution in [0.3, 0.4) is 0 Å². The molecule has 0 saturated carbocycles. The van der Waals surface area contributed by atoms with Gasteiger partial charge < -0.3 is 5.32 Å². The summed E-state index contributed by atoms with van der Waals surface area (Å²) in [6.07, 6.45) is 5.16. The standard InChI is InChI=1S/C24H29N/c1-4-5-8-17-24(2,3)21-12-15-22(16-13-21)25-23-14-11-19-9-6-7-10-20(19)18-23/h6-7,9-16,18,25H,4-5,8,17H2,1-3H3. The van der Waals surface area contributed by atoms with Gasteiger partial charge >= 0.3 is 0 Å². The van der Waals surface area contributed by atoms with Gasteiger partial charge in [-0.2, -0.15) is 0 Å². The molecule has 0 spiro atoms. The van der Waals surface area contributed by atoms with Gasteiger partial charge in [-0.3, -0.25) is 0 Å². The van der Waals surface area contributed by atoms with E-state index in [9.17, 15) is 0 Å². The quantitative estimate of drug-likeness (QED) is 0.443. The Hall–Kier alpha value is -2.28. The van der Waals surface area contributed by atoms with E-state index in [0.717, 1.165) is 11.4 Å². The summed E-state index contributed by atoms with van der Waals surface area (Å²) in [7, 11) is 0. The number of benzene rings is 3. The maximum atomic E-state index is 3.53. The van der Waals surface area contributed by atoms with Gasteiger partial charge in [-0.05, 0) is 52.4 Å². The Morgan fingerprint density at radius 1 is 0.760 bits per heavy atom. The van der Waals surface area contributed by atoms with E-state index in [4.69, 9.17) is 0 Å². The smallest absolute Gasteiger partial charge is 0.0390 e. The molecule has 0 heterocycles. The minimum atomic E-state index is 0.247. The van der Waals surface area contributed by atoms with Crippen LogP contribution < -0.4 is 5.32 Å². The number of rotatable bonds is 7. The Morgan fingerprint density at radius 2 is 1.44 bits per heavy atom. The number of hydrogen-bond acceptors (Lipinski definition) is 1. The van der Waals surface area contributed by atoms with Crippen molar-refractivity contribution in [1.82, 2.24) is 0 Å². The van der Waals surface area contributed by atoms with Crippen molar-refractivity contribution in [1.29, 1.82) is 0 Å². The third kappa shape index (κ3) is 4.42. The van der Waals surface area contributed by atoms with Crippen LogP contribution in [-0.4, -0.2) is 0 Å². The summed E-state index contributed by atoms with van der Waals surface area (Å²) < 4.78 is 0. The van der Waals surface area contributed by atoms with E-state index in [0.29, 0.717) is 0 Å². The summed E-state index contributed by atoms with van der Waals surface area (Å²) in [6.45, 7) is 6.98. The first kappa shape index (κ1) is 17.5. The molecule has 0 fully saturated rings. The van der Waals surface area contributed by atoms with Gasteiger partial charge in [0.2, 0.25) is 0 Å². The summed E-state index contributed by atoms with van der Waals surface area (Å²) in [4.78, 5) is 0. The molecule has 3 rings (SSSR count). The molecule has 130 valence electrons. The van der Waals surface area contributed by atoms with Crippen LogP contribution in [-0.2, 0) is 5.41 Å². The van der Waals surface area contributed by atoms with Gasteiger partial charge in [0.15, 0.2) is 0 Å². The lowest BCUT2D eigenvalue weighted by Gasteiger charge is -2.25. The van der Waals surface area contributed by atoms with Gasteiger partial charge in [0, 0.05) is 11.4 Å². The summed E-state index contributed by atoms with van der Waals surface area (Å²) in [5, 5.41) is 6.07. The second-order valence-corrected chi connectivity index (χ2v) is 7.61. The first-order chi connectivity index (χ1) is 12.1. The van der Waals surface area contributed by atoms with Crippen molar-refractivity contribution in [2.75, 3.05) is 5.32 Å². The largest absolute Gasteiger partial charge is 0.356 e. The number of anilines is 2. The highest BCUT2D eigenvalue weighted by atomic mass is 14.9. The van der Waals surface area contributed by atoms with Gasteiger partial charge in [0.1, 0.15) is 0 Å². The van der Waals surface area contributed by atoms with Gasteiger partial charge in [-0.15, -0.1) is 0 Å². The minimum absolute atomic E-state index is 0.247. The van der Waals surface area contributed by atoms with E-state index < -0.39 is 0 Å². The maximum Gasteiger partial charge on any atom is 0.0390 e. The van der Waals surface area contributed by atoms with Gasteiger partial charge in [0.05, 0.1) is 0 Å². The molecule has 0 aromatic heterocycles. The lowest BCUT2D eigenvalue weighted by molar-refractivity contribution is 0.450. The fraction of sp³-hybridized carbons (Fsp3) is 0.333. The average Bonchev–Trinajstić information content (AvgIpc) is 2.62. The van der Waals surface area contributed by atoms with E-state index in [1.807, 2.05) is 0 Å². The van der Waals surface area contributed by atoms with Gasteiger partial charge in [0.25, 0.3) is 0 Å². The molecule has 1 heteroatoms. The highest BCUT2D eigenvalue weighted by Gasteiger charge is 2.19. The molecule has 1 nitrogen and oxygen atoms in total. The van der Waals surface area contributed by atoms with Crippen LogP contribution >= 0.6 is 0 Å². The Kier molecular flexibility index (Phi) is 5.43. The molecule has 0 atom stereocenters. The fourth-order valence-corrected chi connectivity index (χ4v) is 3.40. The van der Waals surface area contributed by atoms with Crippen LogP contribution in [0.15, 0.2) is 66.7 Å². The van der Waals surface area contributed by atoms with Crippen molar-refractivity contribution in [3.63, 3.8) is 0 Å². The Morgan fingerprint density at radius 3 is 2.16 bits per heavy atom. The molecule has 0 radical (unpaired) electrons. The van der Waals surface area contributed by atoms with Gasteiger partial charge in [-0.25, -0.2) is 0 Å². The van der Waals surface area contributed by atoms with Crippen LogP contribution in [0.2, 0.25) is 0 Å². The van der Waals surface area contributed by atoms with Crippen LogP contribution in [0.5, 0.6) is 0 Å². The molecule has 1 N–H and O–H groups in total. The van der Waals surface area contributed by atoms with Crippen molar-refractivity contribution < 1.29 is 0 Å². The third-order valence-electron chi connectivity index (χ3n) is 5.11. The molecule has 0 aliphatic carbocycles. The zero-order chi connectivity index (χ0) is 17.7. The molecule has 25 heavy (non-hydrogen) atoms. The van der Waals surface area contributed by atoms with E-state index in [1.165, 1.54) is 42.0 Å². The molecule has 0 aliphatic rings. The molecule has 0 aliphatic heterocycles. The monoisotopic (exact) mass is 331 g/mol. The predicted octanol–water partition coefficient (Wildman–Crippen LogP) is 7.44. The fourth-order valence-electron chi connectivity index (χ4n) is 3.40. The van der Waals surface area contributed by atoms with E-state index in [2.05, 4.69) is 92.8 Å². The molecule has 0 saturated heterocycles. The topological polar surface area (TPSA) is 12.0 Å². The SMILES string of the molecule is CCCCCC(C)(C)c1ccc(Nc2ccc3ccccc3c2)cc1. The summed E-state index contributed by atoms with van der Waals surface area (Å²) in [5.74, 6) is 0. The number of hydrogen-bond donors (Lipinski definition) is 1. The summed E-state index contributed by atoms with van der Waals surface area (Å²) in [5.41, 5.74) is 3.95. The molecule has 0 amide bonds. The normalized spacial score (nSPS) is 11.6. The molecule has 3 aromatic rings. The van der Waals surface area contributed by atoms with E-state index in [-0.39, 0.29) is 5.41 Å². The zero-order valence-electron chi connectivity index (χ0n) is 15.7. The van der Waals surface area contributed by atoms with Crippen molar-refractivity contribution in [3.8, 4) is 0 Å². The highest BCUT2D eigenvalue weighted by molar-refractivity contribution is 5.86. The first-order valence-electron chi connectivity index (χ1n) is 9.45. The van der Waals surface area contributed by atoms with Crippen LogP contribution in [0.25, 0.3) is 10.8 Å².